The van der Waals surface area contributed by atoms with Gasteiger partial charge in [-0.3, -0.25) is 4.79 Å². The number of ether oxygens (including phenoxy) is 1. The van der Waals surface area contributed by atoms with Crippen molar-refractivity contribution in [3.05, 3.63) is 0 Å². The van der Waals surface area contributed by atoms with Gasteiger partial charge < -0.3 is 4.74 Å². The molecule has 0 aromatic carbocycles. The Morgan fingerprint density at radius 1 is 1.33 bits per heavy atom. The fourth-order valence-electron chi connectivity index (χ4n) is 1.10. The summed E-state index contributed by atoms with van der Waals surface area (Å²) in [5, 5.41) is 0. The molecule has 0 aromatic rings. The molecule has 0 aliphatic heterocycles. The van der Waals surface area contributed by atoms with Gasteiger partial charge in [-0.05, 0) is 25.7 Å². The Kier molecular flexibility index (Phi) is 5.15. The van der Waals surface area contributed by atoms with Gasteiger partial charge in [0.2, 0.25) is 0 Å². The van der Waals surface area contributed by atoms with Gasteiger partial charge in [-0.15, -0.1) is 0 Å². The minimum atomic E-state index is 0. The predicted molar refractivity (Wildman–Crippen MR) is 29.4 cm³/mol. The molecule has 1 radical (unpaired) electrons. The summed E-state index contributed by atoms with van der Waals surface area (Å²) in [5.74, 6) is 0. The Bertz CT molecular complexity index is 79.1. The first kappa shape index (κ1) is 9.21. The van der Waals surface area contributed by atoms with Gasteiger partial charge >= 0.3 is 0 Å². The van der Waals surface area contributed by atoms with Gasteiger partial charge in [0.05, 0.1) is 0 Å². The third-order valence-corrected chi connectivity index (χ3v) is 1.55. The summed E-state index contributed by atoms with van der Waals surface area (Å²) in [6.45, 7) is 0.552. The number of carbonyl (C=O) groups is 1. The van der Waals surface area contributed by atoms with Crippen LogP contribution in [0.2, 0.25) is 0 Å². The summed E-state index contributed by atoms with van der Waals surface area (Å²) in [4.78, 5) is 9.74. The average molecular weight is 222 g/mol. The summed E-state index contributed by atoms with van der Waals surface area (Å²) in [6, 6.07) is 0. The molecule has 1 saturated carbocycles. The van der Waals surface area contributed by atoms with Crippen LogP contribution >= 0.6 is 0 Å². The van der Waals surface area contributed by atoms with Crippen molar-refractivity contribution >= 4 is 6.47 Å². The van der Waals surface area contributed by atoms with E-state index in [1.165, 1.54) is 12.8 Å². The Balaban J connectivity index is 0.000000640. The van der Waals surface area contributed by atoms with Gasteiger partial charge in [0.15, 0.2) is 0 Å². The molecule has 9 heavy (non-hydrogen) atoms. The van der Waals surface area contributed by atoms with E-state index in [1.807, 2.05) is 0 Å². The maximum atomic E-state index is 9.74. The van der Waals surface area contributed by atoms with Gasteiger partial charge in [-0.1, -0.05) is 0 Å². The zero-order valence-corrected chi connectivity index (χ0v) is 6.58. The van der Waals surface area contributed by atoms with Crippen molar-refractivity contribution in [3.8, 4) is 0 Å². The number of hydrogen-bond donors (Lipinski definition) is 0. The summed E-state index contributed by atoms with van der Waals surface area (Å²) in [5.41, 5.74) is 0. The summed E-state index contributed by atoms with van der Waals surface area (Å²) in [6.07, 6.45) is 4.82. The van der Waals surface area contributed by atoms with E-state index >= 15 is 0 Å². The van der Waals surface area contributed by atoms with Gasteiger partial charge in [0.25, 0.3) is 6.47 Å². The van der Waals surface area contributed by atoms with E-state index in [4.69, 9.17) is 4.74 Å². The molecule has 3 heteroatoms. The Hall–Kier alpha value is 0.210. The molecule has 0 amide bonds. The Labute approximate surface area is 70.5 Å². The monoisotopic (exact) mass is 221 g/mol. The van der Waals surface area contributed by atoms with Crippen molar-refractivity contribution in [1.82, 2.24) is 0 Å². The third-order valence-electron chi connectivity index (χ3n) is 1.55. The Morgan fingerprint density at radius 3 is 2.33 bits per heavy atom. The SMILES string of the molecule is O=COC1CCCC1.[Ag]. The van der Waals surface area contributed by atoms with Gasteiger partial charge in [0.1, 0.15) is 6.10 Å². The van der Waals surface area contributed by atoms with E-state index in [1.54, 1.807) is 0 Å². The first-order chi connectivity index (χ1) is 3.93. The van der Waals surface area contributed by atoms with Crippen LogP contribution in [-0.2, 0) is 31.9 Å². The van der Waals surface area contributed by atoms with Gasteiger partial charge in [-0.25, -0.2) is 0 Å². The van der Waals surface area contributed by atoms with Crippen LogP contribution in [0.3, 0.4) is 0 Å². The topological polar surface area (TPSA) is 26.3 Å². The smallest absolute Gasteiger partial charge is 0.293 e. The fourth-order valence-corrected chi connectivity index (χ4v) is 1.10. The maximum Gasteiger partial charge on any atom is 0.293 e. The molecule has 0 N–H and O–H groups in total. The van der Waals surface area contributed by atoms with Crippen LogP contribution in [0.4, 0.5) is 0 Å². The quantitative estimate of drug-likeness (QED) is 0.516. The number of hydrogen-bond acceptors (Lipinski definition) is 2. The van der Waals surface area contributed by atoms with Crippen molar-refractivity contribution in [2.24, 2.45) is 0 Å². The normalized spacial score (nSPS) is 18.7. The predicted octanol–water partition coefficient (Wildman–Crippen LogP) is 1.10. The second-order valence-electron chi connectivity index (χ2n) is 2.14. The molecule has 57 valence electrons. The second kappa shape index (κ2) is 5.03. The van der Waals surface area contributed by atoms with E-state index in [-0.39, 0.29) is 28.5 Å². The summed E-state index contributed by atoms with van der Waals surface area (Å²) < 4.78 is 4.72. The molecular weight excluding hydrogens is 212 g/mol. The van der Waals surface area contributed by atoms with E-state index < -0.39 is 0 Å². The van der Waals surface area contributed by atoms with E-state index in [0.29, 0.717) is 6.47 Å². The molecule has 0 spiro atoms. The van der Waals surface area contributed by atoms with Crippen LogP contribution < -0.4 is 0 Å². The molecule has 1 aliphatic rings. The van der Waals surface area contributed by atoms with Gasteiger partial charge in [0, 0.05) is 22.4 Å². The number of carbonyl (C=O) groups excluding carboxylic acids is 1. The van der Waals surface area contributed by atoms with Crippen molar-refractivity contribution in [2.75, 3.05) is 0 Å². The Morgan fingerprint density at radius 2 is 1.89 bits per heavy atom. The average Bonchev–Trinajstić information content (AvgIpc) is 2.19. The minimum Gasteiger partial charge on any atom is -0.465 e. The van der Waals surface area contributed by atoms with Crippen molar-refractivity contribution in [2.45, 2.75) is 31.8 Å². The molecular formula is C6H10AgO2. The molecule has 2 nitrogen and oxygen atoms in total. The molecule has 1 aliphatic carbocycles. The molecule has 0 aromatic heterocycles. The first-order valence-electron chi connectivity index (χ1n) is 3.02. The minimum absolute atomic E-state index is 0. The van der Waals surface area contributed by atoms with Crippen LogP contribution in [0.25, 0.3) is 0 Å². The molecule has 0 atom stereocenters. The summed E-state index contributed by atoms with van der Waals surface area (Å²) >= 11 is 0. The number of rotatable bonds is 2. The largest absolute Gasteiger partial charge is 0.465 e. The van der Waals surface area contributed by atoms with Gasteiger partial charge in [-0.2, -0.15) is 0 Å². The van der Waals surface area contributed by atoms with Crippen LogP contribution in [0.15, 0.2) is 0 Å². The van der Waals surface area contributed by atoms with E-state index in [9.17, 15) is 4.79 Å². The van der Waals surface area contributed by atoms with Crippen LogP contribution in [0.1, 0.15) is 25.7 Å². The molecule has 1 fully saturated rings. The van der Waals surface area contributed by atoms with E-state index in [0.717, 1.165) is 12.8 Å². The molecule has 0 heterocycles. The van der Waals surface area contributed by atoms with Crippen LogP contribution in [-0.4, -0.2) is 12.6 Å². The zero-order chi connectivity index (χ0) is 5.82. The van der Waals surface area contributed by atoms with Crippen molar-refractivity contribution in [1.29, 1.82) is 0 Å². The third kappa shape index (κ3) is 3.04. The summed E-state index contributed by atoms with van der Waals surface area (Å²) in [7, 11) is 0. The molecule has 1 rings (SSSR count). The molecule has 0 saturated heterocycles. The van der Waals surface area contributed by atoms with Crippen LogP contribution in [0.5, 0.6) is 0 Å². The van der Waals surface area contributed by atoms with E-state index in [2.05, 4.69) is 0 Å². The standard InChI is InChI=1S/C6H10O2.Ag/c7-5-8-6-3-1-2-4-6;/h5-6H,1-4H2;. The zero-order valence-electron chi connectivity index (χ0n) is 5.10. The second-order valence-corrected chi connectivity index (χ2v) is 2.14. The van der Waals surface area contributed by atoms with Crippen LogP contribution in [0, 0.1) is 0 Å². The molecule has 0 unspecified atom stereocenters. The van der Waals surface area contributed by atoms with Crippen molar-refractivity contribution < 1.29 is 31.9 Å². The molecule has 0 bridgehead atoms. The fraction of sp³-hybridized carbons (Fsp3) is 0.833. The first-order valence-corrected chi connectivity index (χ1v) is 3.02. The maximum absolute atomic E-state index is 9.74. The van der Waals surface area contributed by atoms with Crippen molar-refractivity contribution in [3.63, 3.8) is 0 Å².